The van der Waals surface area contributed by atoms with Gasteiger partial charge in [0, 0.05) is 20.3 Å². The zero-order valence-electron chi connectivity index (χ0n) is 7.14. The number of hydrogen-bond donors (Lipinski definition) is 1. The highest BCUT2D eigenvalue weighted by Gasteiger charge is 1.87. The van der Waals surface area contributed by atoms with Crippen molar-refractivity contribution >= 4 is 8.05 Å². The first kappa shape index (κ1) is 10.9. The summed E-state index contributed by atoms with van der Waals surface area (Å²) in [5.41, 5.74) is 0. The standard InChI is InChI=1S/C7H16BNO2/c1-10-6-2-4-9-5-3-7-11-8/h9H,2-7H2,1H3. The number of methoxy groups -OCH3 is 1. The normalized spacial score (nSPS) is 10.3. The first-order chi connectivity index (χ1) is 5.41. The van der Waals surface area contributed by atoms with Crippen molar-refractivity contribution in [2.24, 2.45) is 0 Å². The molecule has 11 heavy (non-hydrogen) atoms. The Kier molecular flexibility index (Phi) is 9.90. The minimum absolute atomic E-state index is 0.622. The lowest BCUT2D eigenvalue weighted by atomic mass is 10.4. The van der Waals surface area contributed by atoms with Crippen molar-refractivity contribution < 1.29 is 9.39 Å². The van der Waals surface area contributed by atoms with Crippen LogP contribution in [0.2, 0.25) is 0 Å². The van der Waals surface area contributed by atoms with E-state index in [1.807, 2.05) is 0 Å². The molecule has 0 aromatic carbocycles. The summed E-state index contributed by atoms with van der Waals surface area (Å²) < 4.78 is 9.29. The summed E-state index contributed by atoms with van der Waals surface area (Å²) in [5.74, 6) is 0. The Morgan fingerprint density at radius 1 is 1.18 bits per heavy atom. The molecule has 0 amide bonds. The Hall–Kier alpha value is -0.0551. The molecule has 4 heteroatoms. The Balaban J connectivity index is 2.69. The summed E-state index contributed by atoms with van der Waals surface area (Å²) in [6, 6.07) is 0. The van der Waals surface area contributed by atoms with Crippen LogP contribution in [0.1, 0.15) is 12.8 Å². The van der Waals surface area contributed by atoms with Gasteiger partial charge in [0.25, 0.3) is 8.05 Å². The average molecular weight is 157 g/mol. The molecule has 0 rings (SSSR count). The largest absolute Gasteiger partial charge is 0.448 e. The van der Waals surface area contributed by atoms with E-state index >= 15 is 0 Å². The topological polar surface area (TPSA) is 30.5 Å². The molecular formula is C7H16BNO2. The maximum atomic E-state index is 4.88. The highest BCUT2D eigenvalue weighted by Crippen LogP contribution is 1.79. The van der Waals surface area contributed by atoms with Crippen LogP contribution in [-0.4, -0.2) is 41.5 Å². The van der Waals surface area contributed by atoms with Crippen LogP contribution in [-0.2, 0) is 9.39 Å². The third kappa shape index (κ3) is 9.94. The van der Waals surface area contributed by atoms with Gasteiger partial charge in [-0.2, -0.15) is 0 Å². The van der Waals surface area contributed by atoms with E-state index in [-0.39, 0.29) is 0 Å². The Morgan fingerprint density at radius 3 is 2.36 bits per heavy atom. The van der Waals surface area contributed by atoms with Gasteiger partial charge in [-0.1, -0.05) is 0 Å². The predicted molar refractivity (Wildman–Crippen MR) is 45.7 cm³/mol. The van der Waals surface area contributed by atoms with Gasteiger partial charge >= 0.3 is 0 Å². The van der Waals surface area contributed by atoms with Crippen molar-refractivity contribution in [1.82, 2.24) is 5.32 Å². The Bertz CT molecular complexity index is 65.5. The predicted octanol–water partition coefficient (Wildman–Crippen LogP) is 0.103. The SMILES string of the molecule is [B]OCCCNCCCOC. The van der Waals surface area contributed by atoms with Crippen LogP contribution >= 0.6 is 0 Å². The third-order valence-corrected chi connectivity index (χ3v) is 1.32. The third-order valence-electron chi connectivity index (χ3n) is 1.32. The molecule has 0 unspecified atom stereocenters. The quantitative estimate of drug-likeness (QED) is 0.400. The second kappa shape index (κ2) is 9.94. The minimum Gasteiger partial charge on any atom is -0.448 e. The smallest absolute Gasteiger partial charge is 0.282 e. The molecule has 0 aromatic rings. The summed E-state index contributed by atoms with van der Waals surface area (Å²) >= 11 is 0. The zero-order chi connectivity index (χ0) is 8.36. The molecule has 0 fully saturated rings. The highest BCUT2D eigenvalue weighted by molar-refractivity contribution is 5.97. The molecule has 0 saturated heterocycles. The fourth-order valence-corrected chi connectivity index (χ4v) is 0.747. The molecule has 0 aliphatic heterocycles. The van der Waals surface area contributed by atoms with E-state index in [2.05, 4.69) is 9.97 Å². The van der Waals surface area contributed by atoms with Crippen LogP contribution in [0.3, 0.4) is 0 Å². The average Bonchev–Trinajstić information content (AvgIpc) is 2.03. The van der Waals surface area contributed by atoms with Crippen LogP contribution in [0.15, 0.2) is 0 Å². The summed E-state index contributed by atoms with van der Waals surface area (Å²) in [4.78, 5) is 0. The van der Waals surface area contributed by atoms with Gasteiger partial charge < -0.3 is 14.7 Å². The van der Waals surface area contributed by atoms with E-state index in [0.717, 1.165) is 32.5 Å². The van der Waals surface area contributed by atoms with E-state index in [4.69, 9.17) is 12.8 Å². The zero-order valence-corrected chi connectivity index (χ0v) is 7.14. The van der Waals surface area contributed by atoms with Crippen molar-refractivity contribution in [3.05, 3.63) is 0 Å². The van der Waals surface area contributed by atoms with Crippen LogP contribution in [0.4, 0.5) is 0 Å². The molecule has 0 bridgehead atoms. The van der Waals surface area contributed by atoms with Crippen LogP contribution in [0.5, 0.6) is 0 Å². The molecule has 0 aliphatic carbocycles. The summed E-state index contributed by atoms with van der Waals surface area (Å²) in [7, 11) is 6.55. The molecule has 0 spiro atoms. The number of hydrogen-bond acceptors (Lipinski definition) is 3. The summed E-state index contributed by atoms with van der Waals surface area (Å²) in [5, 5.41) is 3.24. The fraction of sp³-hybridized carbons (Fsp3) is 1.00. The molecule has 1 N–H and O–H groups in total. The van der Waals surface area contributed by atoms with Crippen molar-refractivity contribution in [2.45, 2.75) is 12.8 Å². The molecule has 64 valence electrons. The molecule has 0 saturated carbocycles. The van der Waals surface area contributed by atoms with E-state index in [1.54, 1.807) is 7.11 Å². The molecule has 3 nitrogen and oxygen atoms in total. The van der Waals surface area contributed by atoms with Gasteiger partial charge in [-0.3, -0.25) is 0 Å². The Morgan fingerprint density at radius 2 is 1.82 bits per heavy atom. The molecule has 0 heterocycles. The van der Waals surface area contributed by atoms with Crippen LogP contribution < -0.4 is 5.32 Å². The van der Waals surface area contributed by atoms with Crippen molar-refractivity contribution in [3.8, 4) is 0 Å². The van der Waals surface area contributed by atoms with Gasteiger partial charge in [-0.15, -0.1) is 0 Å². The van der Waals surface area contributed by atoms with E-state index in [0.29, 0.717) is 6.61 Å². The number of ether oxygens (including phenoxy) is 1. The lowest BCUT2D eigenvalue weighted by Gasteiger charge is -2.03. The van der Waals surface area contributed by atoms with Gasteiger partial charge in [-0.25, -0.2) is 0 Å². The van der Waals surface area contributed by atoms with Gasteiger partial charge in [0.2, 0.25) is 0 Å². The fourth-order valence-electron chi connectivity index (χ4n) is 0.747. The van der Waals surface area contributed by atoms with Crippen molar-refractivity contribution in [2.75, 3.05) is 33.4 Å². The monoisotopic (exact) mass is 157 g/mol. The first-order valence-electron chi connectivity index (χ1n) is 3.93. The maximum absolute atomic E-state index is 4.88. The molecule has 0 aromatic heterocycles. The van der Waals surface area contributed by atoms with Crippen LogP contribution in [0.25, 0.3) is 0 Å². The van der Waals surface area contributed by atoms with Gasteiger partial charge in [-0.05, 0) is 25.9 Å². The lowest BCUT2D eigenvalue weighted by molar-refractivity contribution is 0.194. The second-order valence-electron chi connectivity index (χ2n) is 2.32. The van der Waals surface area contributed by atoms with Crippen molar-refractivity contribution in [3.63, 3.8) is 0 Å². The van der Waals surface area contributed by atoms with E-state index in [9.17, 15) is 0 Å². The molecule has 0 aliphatic rings. The first-order valence-corrected chi connectivity index (χ1v) is 3.93. The van der Waals surface area contributed by atoms with Gasteiger partial charge in [0.15, 0.2) is 0 Å². The number of rotatable bonds is 8. The minimum atomic E-state index is 0.622. The van der Waals surface area contributed by atoms with Gasteiger partial charge in [0.05, 0.1) is 0 Å². The highest BCUT2D eigenvalue weighted by atomic mass is 16.5. The second-order valence-corrected chi connectivity index (χ2v) is 2.32. The van der Waals surface area contributed by atoms with Crippen molar-refractivity contribution in [1.29, 1.82) is 0 Å². The summed E-state index contributed by atoms with van der Waals surface area (Å²) in [6.07, 6.45) is 2.02. The lowest BCUT2D eigenvalue weighted by Crippen LogP contribution is -2.19. The summed E-state index contributed by atoms with van der Waals surface area (Å²) in [6.45, 7) is 3.40. The van der Waals surface area contributed by atoms with Gasteiger partial charge in [0.1, 0.15) is 0 Å². The van der Waals surface area contributed by atoms with E-state index < -0.39 is 0 Å². The molecular weight excluding hydrogens is 141 g/mol. The van der Waals surface area contributed by atoms with Crippen LogP contribution in [0, 0.1) is 0 Å². The molecule has 0 atom stereocenters. The van der Waals surface area contributed by atoms with E-state index in [1.165, 1.54) is 0 Å². The maximum Gasteiger partial charge on any atom is 0.282 e. The Labute approximate surface area is 69.9 Å². The number of nitrogens with one attached hydrogen (secondary N) is 1. The molecule has 2 radical (unpaired) electrons.